The molecule has 46 valence electrons. The van der Waals surface area contributed by atoms with Crippen LogP contribution in [-0.2, 0) is 27.7 Å². The summed E-state index contributed by atoms with van der Waals surface area (Å²) >= 11 is 0. The quantitative estimate of drug-likeness (QED) is 0.686. The molecule has 0 amide bonds. The van der Waals surface area contributed by atoms with Crippen LogP contribution in [0.2, 0.25) is 0 Å². The van der Waals surface area contributed by atoms with Gasteiger partial charge in [-0.1, -0.05) is 30.3 Å². The maximum absolute atomic E-state index is 10.1. The van der Waals surface area contributed by atoms with E-state index in [1.54, 1.807) is 18.2 Å². The Kier molecular flexibility index (Phi) is 4.28. The van der Waals surface area contributed by atoms with E-state index in [0.717, 1.165) is 0 Å². The Balaban J connectivity index is 0.000000810. The first-order chi connectivity index (χ1) is 4.30. The fraction of sp³-hybridized carbons (Fsp3) is 0. The molecule has 0 aliphatic rings. The summed E-state index contributed by atoms with van der Waals surface area (Å²) in [5, 5.41) is 10.1. The van der Waals surface area contributed by atoms with Gasteiger partial charge in [0.2, 0.25) is 0 Å². The average Bonchev–Trinajstić information content (AvgIpc) is 1.90. The van der Waals surface area contributed by atoms with Crippen LogP contribution in [0.4, 0.5) is 0 Å². The molecule has 0 aromatic heterocycles. The van der Waals surface area contributed by atoms with Gasteiger partial charge in [-0.15, -0.1) is 0 Å². The van der Waals surface area contributed by atoms with E-state index in [1.165, 1.54) is 12.1 Å². The van der Waals surface area contributed by atoms with Crippen LogP contribution in [0.1, 0.15) is 10.4 Å². The van der Waals surface area contributed by atoms with E-state index >= 15 is 0 Å². The SMILES string of the molecule is O=C([O-])c1ccccc1.[Hg+2]. The molecule has 1 aromatic carbocycles. The van der Waals surface area contributed by atoms with Crippen molar-refractivity contribution in [3.8, 4) is 0 Å². The third-order valence-corrected chi connectivity index (χ3v) is 1.01. The Bertz CT molecular complexity index is 208. The van der Waals surface area contributed by atoms with Crippen LogP contribution in [0, 0.1) is 0 Å². The predicted molar refractivity (Wildman–Crippen MR) is 30.8 cm³/mol. The number of carbonyl (C=O) groups excluding carboxylic acids is 1. The minimum absolute atomic E-state index is 0. The Morgan fingerprint density at radius 2 is 1.70 bits per heavy atom. The Morgan fingerprint density at radius 3 is 2.00 bits per heavy atom. The summed E-state index contributed by atoms with van der Waals surface area (Å²) < 4.78 is 0. The summed E-state index contributed by atoms with van der Waals surface area (Å²) in [6, 6.07) is 8.06. The maximum Gasteiger partial charge on any atom is 2.00 e. The van der Waals surface area contributed by atoms with Gasteiger partial charge in [0, 0.05) is 0 Å². The number of rotatable bonds is 1. The van der Waals surface area contributed by atoms with Crippen molar-refractivity contribution in [2.24, 2.45) is 0 Å². The van der Waals surface area contributed by atoms with Crippen LogP contribution in [0.15, 0.2) is 30.3 Å². The van der Waals surface area contributed by atoms with Gasteiger partial charge >= 0.3 is 27.7 Å². The minimum Gasteiger partial charge on any atom is -0.545 e. The fourth-order valence-corrected chi connectivity index (χ4v) is 0.574. The van der Waals surface area contributed by atoms with Gasteiger partial charge in [0.1, 0.15) is 0 Å². The van der Waals surface area contributed by atoms with E-state index in [2.05, 4.69) is 0 Å². The maximum atomic E-state index is 10.1. The molecule has 1 rings (SSSR count). The van der Waals surface area contributed by atoms with Crippen LogP contribution in [0.5, 0.6) is 0 Å². The van der Waals surface area contributed by atoms with Crippen LogP contribution >= 0.6 is 0 Å². The second kappa shape index (κ2) is 4.44. The molecule has 1 aromatic rings. The van der Waals surface area contributed by atoms with Crippen LogP contribution in [0.25, 0.3) is 0 Å². The number of aromatic carboxylic acids is 1. The first-order valence-corrected chi connectivity index (χ1v) is 2.57. The second-order valence-electron chi connectivity index (χ2n) is 1.65. The summed E-state index contributed by atoms with van der Waals surface area (Å²) in [5.41, 5.74) is 0.220. The molecule has 0 heterocycles. The van der Waals surface area contributed by atoms with Gasteiger partial charge in [-0.25, -0.2) is 0 Å². The van der Waals surface area contributed by atoms with Crippen molar-refractivity contribution in [1.29, 1.82) is 0 Å². The zero-order valence-corrected chi connectivity index (χ0v) is 10.9. The van der Waals surface area contributed by atoms with Gasteiger partial charge in [0.15, 0.2) is 0 Å². The van der Waals surface area contributed by atoms with Crippen molar-refractivity contribution in [3.63, 3.8) is 0 Å². The summed E-state index contributed by atoms with van der Waals surface area (Å²) in [7, 11) is 0. The molecule has 0 fully saturated rings. The number of carboxylic acid groups (broad SMARTS) is 1. The van der Waals surface area contributed by atoms with Gasteiger partial charge in [-0.2, -0.15) is 0 Å². The molecule has 0 saturated carbocycles. The number of hydrogen-bond donors (Lipinski definition) is 0. The molecule has 0 unspecified atom stereocenters. The molecule has 0 aliphatic carbocycles. The summed E-state index contributed by atoms with van der Waals surface area (Å²) in [6.07, 6.45) is 0. The number of carboxylic acids is 1. The number of carbonyl (C=O) groups is 1. The van der Waals surface area contributed by atoms with Crippen molar-refractivity contribution in [3.05, 3.63) is 35.9 Å². The van der Waals surface area contributed by atoms with Crippen LogP contribution in [-0.4, -0.2) is 5.97 Å². The molecule has 2 nitrogen and oxygen atoms in total. The van der Waals surface area contributed by atoms with Gasteiger partial charge in [-0.3, -0.25) is 0 Å². The largest absolute Gasteiger partial charge is 2.00 e. The topological polar surface area (TPSA) is 40.1 Å². The third kappa shape index (κ3) is 2.48. The van der Waals surface area contributed by atoms with Gasteiger partial charge in [0.25, 0.3) is 0 Å². The molecular formula is C7H5HgO2+. The average molecular weight is 322 g/mol. The molecule has 0 radical (unpaired) electrons. The summed E-state index contributed by atoms with van der Waals surface area (Å²) in [4.78, 5) is 10.1. The Morgan fingerprint density at radius 1 is 1.20 bits per heavy atom. The predicted octanol–water partition coefficient (Wildman–Crippen LogP) is 0.0476. The summed E-state index contributed by atoms with van der Waals surface area (Å²) in [6.45, 7) is 0. The molecular weight excluding hydrogens is 317 g/mol. The molecule has 0 saturated heterocycles. The van der Waals surface area contributed by atoms with Crippen molar-refractivity contribution in [1.82, 2.24) is 0 Å². The minimum atomic E-state index is -1.13. The smallest absolute Gasteiger partial charge is 0.545 e. The van der Waals surface area contributed by atoms with Crippen molar-refractivity contribution < 1.29 is 37.6 Å². The Hall–Kier alpha value is -0.375. The molecule has 0 N–H and O–H groups in total. The molecule has 10 heavy (non-hydrogen) atoms. The molecule has 0 aliphatic heterocycles. The monoisotopic (exact) mass is 323 g/mol. The standard InChI is InChI=1S/C7H6O2.Hg/c8-7(9)6-4-2-1-3-5-6;/h1-5H,(H,8,9);/q;+2/p-1. The van der Waals surface area contributed by atoms with E-state index in [1.807, 2.05) is 0 Å². The summed E-state index contributed by atoms with van der Waals surface area (Å²) in [5.74, 6) is -1.13. The molecule has 0 atom stereocenters. The zero-order valence-electron chi connectivity index (χ0n) is 5.41. The molecule has 3 heteroatoms. The second-order valence-corrected chi connectivity index (χ2v) is 1.65. The molecule has 0 spiro atoms. The zero-order chi connectivity index (χ0) is 6.69. The molecule has 0 bridgehead atoms. The van der Waals surface area contributed by atoms with Gasteiger partial charge in [-0.05, 0) is 5.56 Å². The van der Waals surface area contributed by atoms with E-state index in [0.29, 0.717) is 0 Å². The van der Waals surface area contributed by atoms with Gasteiger partial charge < -0.3 is 9.90 Å². The van der Waals surface area contributed by atoms with Crippen LogP contribution in [0.3, 0.4) is 0 Å². The first kappa shape index (κ1) is 9.63. The van der Waals surface area contributed by atoms with E-state index in [-0.39, 0.29) is 33.2 Å². The number of benzene rings is 1. The van der Waals surface area contributed by atoms with Crippen molar-refractivity contribution in [2.45, 2.75) is 0 Å². The number of hydrogen-bond acceptors (Lipinski definition) is 2. The normalized spacial score (nSPS) is 8.00. The fourth-order valence-electron chi connectivity index (χ4n) is 0.574. The van der Waals surface area contributed by atoms with Crippen molar-refractivity contribution >= 4 is 5.97 Å². The first-order valence-electron chi connectivity index (χ1n) is 2.57. The van der Waals surface area contributed by atoms with Crippen molar-refractivity contribution in [2.75, 3.05) is 0 Å². The van der Waals surface area contributed by atoms with E-state index < -0.39 is 5.97 Å². The van der Waals surface area contributed by atoms with E-state index in [4.69, 9.17) is 0 Å². The van der Waals surface area contributed by atoms with Crippen LogP contribution < -0.4 is 5.11 Å². The van der Waals surface area contributed by atoms with E-state index in [9.17, 15) is 9.90 Å². The van der Waals surface area contributed by atoms with Gasteiger partial charge in [0.05, 0.1) is 5.97 Å². The third-order valence-electron chi connectivity index (χ3n) is 1.01. The Labute approximate surface area is 79.4 Å².